The topological polar surface area (TPSA) is 18.5 Å². The molecule has 1 aliphatic rings. The minimum absolute atomic E-state index is 0.345. The molecular weight excluding hydrogens is 415 g/mol. The number of hydrogen-bond acceptors (Lipinski definition) is 2. The van der Waals surface area contributed by atoms with Crippen LogP contribution in [0.4, 0.5) is 0 Å². The molecular formula is C31H31BO2. The maximum atomic E-state index is 6.24. The second-order valence-electron chi connectivity index (χ2n) is 10.1. The highest BCUT2D eigenvalue weighted by Gasteiger charge is 2.51. The fourth-order valence-electron chi connectivity index (χ4n) is 4.60. The van der Waals surface area contributed by atoms with Gasteiger partial charge in [0.15, 0.2) is 0 Å². The molecule has 4 aromatic rings. The molecule has 3 heteroatoms. The average Bonchev–Trinajstić information content (AvgIpc) is 3.06. The van der Waals surface area contributed by atoms with Crippen molar-refractivity contribution in [1.82, 2.24) is 0 Å². The van der Waals surface area contributed by atoms with Gasteiger partial charge in [0, 0.05) is 0 Å². The van der Waals surface area contributed by atoms with Crippen LogP contribution in [0.3, 0.4) is 0 Å². The molecule has 0 bridgehead atoms. The van der Waals surface area contributed by atoms with E-state index in [-0.39, 0.29) is 18.3 Å². The molecule has 0 amide bonds. The van der Waals surface area contributed by atoms with E-state index >= 15 is 0 Å². The van der Waals surface area contributed by atoms with Crippen molar-refractivity contribution in [2.45, 2.75) is 45.8 Å². The zero-order valence-corrected chi connectivity index (χ0v) is 20.6. The molecule has 0 unspecified atom stereocenters. The van der Waals surface area contributed by atoms with Crippen LogP contribution in [0.5, 0.6) is 0 Å². The van der Waals surface area contributed by atoms with Gasteiger partial charge in [-0.25, -0.2) is 0 Å². The van der Waals surface area contributed by atoms with Crippen molar-refractivity contribution in [2.24, 2.45) is 0 Å². The molecule has 0 aromatic heterocycles. The Morgan fingerprint density at radius 3 is 1.44 bits per heavy atom. The largest absolute Gasteiger partial charge is 0.494 e. The Bertz CT molecular complexity index is 1310. The molecule has 1 aliphatic heterocycles. The van der Waals surface area contributed by atoms with Crippen molar-refractivity contribution in [3.05, 3.63) is 103 Å². The van der Waals surface area contributed by atoms with Crippen LogP contribution in [0.25, 0.3) is 33.4 Å². The van der Waals surface area contributed by atoms with Gasteiger partial charge in [-0.05, 0) is 79.0 Å². The molecule has 5 rings (SSSR count). The van der Waals surface area contributed by atoms with Crippen LogP contribution in [0, 0.1) is 6.92 Å². The Morgan fingerprint density at radius 1 is 0.500 bits per heavy atom. The summed E-state index contributed by atoms with van der Waals surface area (Å²) in [5.41, 5.74) is 9.00. The molecule has 34 heavy (non-hydrogen) atoms. The summed E-state index contributed by atoms with van der Waals surface area (Å²) in [6.45, 7) is 10.5. The van der Waals surface area contributed by atoms with Crippen molar-refractivity contribution >= 4 is 12.6 Å². The normalized spacial score (nSPS) is 16.6. The Hall–Kier alpha value is -3.14. The third-order valence-corrected chi connectivity index (χ3v) is 7.33. The molecule has 170 valence electrons. The summed E-state index contributed by atoms with van der Waals surface area (Å²) in [7, 11) is -0.351. The Labute approximate surface area is 203 Å². The van der Waals surface area contributed by atoms with Gasteiger partial charge in [0.2, 0.25) is 0 Å². The van der Waals surface area contributed by atoms with Gasteiger partial charge in [-0.3, -0.25) is 0 Å². The molecule has 0 saturated carbocycles. The maximum absolute atomic E-state index is 6.24. The zero-order valence-electron chi connectivity index (χ0n) is 20.6. The summed E-state index contributed by atoms with van der Waals surface area (Å²) in [6.07, 6.45) is 0. The van der Waals surface area contributed by atoms with Gasteiger partial charge in [0.1, 0.15) is 0 Å². The van der Waals surface area contributed by atoms with Gasteiger partial charge in [0.25, 0.3) is 0 Å². The summed E-state index contributed by atoms with van der Waals surface area (Å²) in [6, 6.07) is 34.5. The smallest absolute Gasteiger partial charge is 0.399 e. The van der Waals surface area contributed by atoms with Gasteiger partial charge in [-0.15, -0.1) is 0 Å². The molecule has 1 fully saturated rings. The summed E-state index contributed by atoms with van der Waals surface area (Å²) < 4.78 is 12.5. The first-order valence-corrected chi connectivity index (χ1v) is 12.0. The molecule has 0 spiro atoms. The molecule has 2 nitrogen and oxygen atoms in total. The standard InChI is InChI=1S/C31H31BO2/c1-22-12-6-7-13-25(22)27-15-10-11-17-29(27)28-16-9-8-14-26(28)23-18-20-24(21-19-23)32-33-30(2,3)31(4,5)34-32/h6-21H,1-5H3. The van der Waals surface area contributed by atoms with E-state index in [1.807, 2.05) is 0 Å². The highest BCUT2D eigenvalue weighted by Crippen LogP contribution is 2.39. The van der Waals surface area contributed by atoms with Crippen LogP contribution in [-0.4, -0.2) is 18.3 Å². The van der Waals surface area contributed by atoms with Crippen LogP contribution in [-0.2, 0) is 9.31 Å². The van der Waals surface area contributed by atoms with Gasteiger partial charge >= 0.3 is 7.12 Å². The maximum Gasteiger partial charge on any atom is 0.494 e. The van der Waals surface area contributed by atoms with Gasteiger partial charge in [-0.1, -0.05) is 97.1 Å². The van der Waals surface area contributed by atoms with E-state index in [4.69, 9.17) is 9.31 Å². The van der Waals surface area contributed by atoms with Crippen LogP contribution >= 0.6 is 0 Å². The Kier molecular flexibility index (Phi) is 5.71. The summed E-state index contributed by atoms with van der Waals surface area (Å²) in [4.78, 5) is 0. The van der Waals surface area contributed by atoms with E-state index in [1.54, 1.807) is 0 Å². The van der Waals surface area contributed by atoms with Crippen molar-refractivity contribution < 1.29 is 9.31 Å². The predicted octanol–water partition coefficient (Wildman–Crippen LogP) is 7.30. The lowest BCUT2D eigenvalue weighted by molar-refractivity contribution is 0.00578. The Morgan fingerprint density at radius 2 is 0.912 bits per heavy atom. The molecule has 0 aliphatic carbocycles. The lowest BCUT2D eigenvalue weighted by atomic mass is 9.78. The Balaban J connectivity index is 1.53. The van der Waals surface area contributed by atoms with E-state index in [0.29, 0.717) is 0 Å². The first-order valence-electron chi connectivity index (χ1n) is 12.0. The van der Waals surface area contributed by atoms with Crippen molar-refractivity contribution in [2.75, 3.05) is 0 Å². The highest BCUT2D eigenvalue weighted by molar-refractivity contribution is 6.62. The van der Waals surface area contributed by atoms with Crippen molar-refractivity contribution in [3.63, 3.8) is 0 Å². The number of benzene rings is 4. The van der Waals surface area contributed by atoms with Crippen LogP contribution in [0.15, 0.2) is 97.1 Å². The molecule has 4 aromatic carbocycles. The summed E-state index contributed by atoms with van der Waals surface area (Å²) in [5.74, 6) is 0. The van der Waals surface area contributed by atoms with Crippen molar-refractivity contribution in [1.29, 1.82) is 0 Å². The third kappa shape index (κ3) is 4.00. The van der Waals surface area contributed by atoms with E-state index in [0.717, 1.165) is 5.46 Å². The third-order valence-electron chi connectivity index (χ3n) is 7.33. The number of rotatable bonds is 4. The lowest BCUT2D eigenvalue weighted by Crippen LogP contribution is -2.41. The fraction of sp³-hybridized carbons (Fsp3) is 0.226. The molecule has 0 radical (unpaired) electrons. The zero-order chi connectivity index (χ0) is 23.9. The second-order valence-corrected chi connectivity index (χ2v) is 10.1. The molecule has 1 saturated heterocycles. The predicted molar refractivity (Wildman–Crippen MR) is 143 cm³/mol. The second kappa shape index (κ2) is 8.58. The van der Waals surface area contributed by atoms with E-state index in [9.17, 15) is 0 Å². The van der Waals surface area contributed by atoms with Gasteiger partial charge in [0.05, 0.1) is 11.2 Å². The first-order chi connectivity index (χ1) is 16.3. The summed E-state index contributed by atoms with van der Waals surface area (Å²) >= 11 is 0. The SMILES string of the molecule is Cc1ccccc1-c1ccccc1-c1ccccc1-c1ccc(B2OC(C)(C)C(C)(C)O2)cc1. The molecule has 0 N–H and O–H groups in total. The average molecular weight is 446 g/mol. The summed E-state index contributed by atoms with van der Waals surface area (Å²) in [5, 5.41) is 0. The van der Waals surface area contributed by atoms with Gasteiger partial charge in [-0.2, -0.15) is 0 Å². The van der Waals surface area contributed by atoms with Crippen LogP contribution < -0.4 is 5.46 Å². The molecule has 0 atom stereocenters. The minimum atomic E-state index is -0.351. The molecule has 1 heterocycles. The minimum Gasteiger partial charge on any atom is -0.399 e. The monoisotopic (exact) mass is 446 g/mol. The quantitative estimate of drug-likeness (QED) is 0.306. The number of hydrogen-bond donors (Lipinski definition) is 0. The first kappa shape index (κ1) is 22.6. The number of aryl methyl sites for hydroxylation is 1. The lowest BCUT2D eigenvalue weighted by Gasteiger charge is -2.32. The fourth-order valence-corrected chi connectivity index (χ4v) is 4.60. The van der Waals surface area contributed by atoms with E-state index < -0.39 is 0 Å². The van der Waals surface area contributed by atoms with Crippen LogP contribution in [0.2, 0.25) is 0 Å². The van der Waals surface area contributed by atoms with E-state index in [2.05, 4.69) is 132 Å². The van der Waals surface area contributed by atoms with Crippen LogP contribution in [0.1, 0.15) is 33.3 Å². The highest BCUT2D eigenvalue weighted by atomic mass is 16.7. The van der Waals surface area contributed by atoms with Gasteiger partial charge < -0.3 is 9.31 Å². The van der Waals surface area contributed by atoms with E-state index in [1.165, 1.54) is 38.9 Å². The van der Waals surface area contributed by atoms with Crippen molar-refractivity contribution in [3.8, 4) is 33.4 Å².